The van der Waals surface area contributed by atoms with Crippen molar-refractivity contribution in [3.8, 4) is 11.5 Å². The number of para-hydroxylation sites is 1. The van der Waals surface area contributed by atoms with Crippen LogP contribution in [0.25, 0.3) is 6.08 Å². The van der Waals surface area contributed by atoms with Crippen LogP contribution in [-0.4, -0.2) is 15.8 Å². The number of nitrogens with zero attached hydrogens (tertiary/aromatic N) is 1. The fourth-order valence-electron chi connectivity index (χ4n) is 2.10. The van der Waals surface area contributed by atoms with Crippen LogP contribution in [0.15, 0.2) is 48.2 Å². The van der Waals surface area contributed by atoms with Gasteiger partial charge in [-0.3, -0.25) is 14.9 Å². The van der Waals surface area contributed by atoms with Gasteiger partial charge in [-0.1, -0.05) is 12.1 Å². The zero-order chi connectivity index (χ0) is 15.0. The van der Waals surface area contributed by atoms with Gasteiger partial charge in [-0.25, -0.2) is 0 Å². The Kier molecular flexibility index (Phi) is 2.91. The second-order valence-corrected chi connectivity index (χ2v) is 4.44. The summed E-state index contributed by atoms with van der Waals surface area (Å²) in [5.41, 5.74) is 0.301. The molecular formula is C15H9NO5. The van der Waals surface area contributed by atoms with E-state index >= 15 is 0 Å². The van der Waals surface area contributed by atoms with Crippen molar-refractivity contribution in [1.29, 1.82) is 0 Å². The minimum Gasteiger partial charge on any atom is -0.508 e. The molecule has 21 heavy (non-hydrogen) atoms. The van der Waals surface area contributed by atoms with Gasteiger partial charge < -0.3 is 9.84 Å². The smallest absolute Gasteiger partial charge is 0.276 e. The highest BCUT2D eigenvalue weighted by Gasteiger charge is 2.27. The van der Waals surface area contributed by atoms with E-state index in [1.165, 1.54) is 24.3 Å². The standard InChI is InChI=1S/C15H9NO5/c17-10-5-6-12(16(19)20)9(7-10)8-14-15(18)11-3-1-2-4-13(11)21-14/h1-8,17H. The summed E-state index contributed by atoms with van der Waals surface area (Å²) in [5, 5.41) is 20.4. The molecule has 0 bridgehead atoms. The van der Waals surface area contributed by atoms with Crippen LogP contribution in [0.2, 0.25) is 0 Å². The lowest BCUT2D eigenvalue weighted by Crippen LogP contribution is -1.99. The van der Waals surface area contributed by atoms with Crippen molar-refractivity contribution in [2.45, 2.75) is 0 Å². The van der Waals surface area contributed by atoms with E-state index < -0.39 is 4.92 Å². The lowest BCUT2D eigenvalue weighted by atomic mass is 10.1. The van der Waals surface area contributed by atoms with Gasteiger partial charge in [0.1, 0.15) is 11.5 Å². The molecule has 2 aromatic carbocycles. The molecular weight excluding hydrogens is 274 g/mol. The van der Waals surface area contributed by atoms with Gasteiger partial charge in [-0.05, 0) is 30.3 Å². The first-order valence-corrected chi connectivity index (χ1v) is 6.07. The van der Waals surface area contributed by atoms with Crippen molar-refractivity contribution in [2.24, 2.45) is 0 Å². The van der Waals surface area contributed by atoms with E-state index in [4.69, 9.17) is 4.74 Å². The van der Waals surface area contributed by atoms with Gasteiger partial charge in [0, 0.05) is 6.07 Å². The van der Waals surface area contributed by atoms with Gasteiger partial charge in [-0.2, -0.15) is 0 Å². The summed E-state index contributed by atoms with van der Waals surface area (Å²) in [6, 6.07) is 10.3. The van der Waals surface area contributed by atoms with Crippen molar-refractivity contribution in [1.82, 2.24) is 0 Å². The number of benzene rings is 2. The number of nitro groups is 1. The molecule has 3 rings (SSSR count). The molecule has 0 fully saturated rings. The topological polar surface area (TPSA) is 89.7 Å². The van der Waals surface area contributed by atoms with Gasteiger partial charge in [0.25, 0.3) is 5.69 Å². The Labute approximate surface area is 119 Å². The number of Topliss-reactive ketones (excluding diaryl/α,β-unsaturated/α-hetero) is 1. The van der Waals surface area contributed by atoms with E-state index in [-0.39, 0.29) is 28.5 Å². The van der Waals surface area contributed by atoms with E-state index in [1.54, 1.807) is 24.3 Å². The Hall–Kier alpha value is -3.15. The third kappa shape index (κ3) is 2.23. The predicted molar refractivity (Wildman–Crippen MR) is 74.1 cm³/mol. The van der Waals surface area contributed by atoms with Crippen LogP contribution in [0.5, 0.6) is 11.5 Å². The van der Waals surface area contributed by atoms with Crippen molar-refractivity contribution < 1.29 is 19.6 Å². The maximum Gasteiger partial charge on any atom is 0.276 e. The molecule has 1 heterocycles. The summed E-state index contributed by atoms with van der Waals surface area (Å²) in [7, 11) is 0. The fourth-order valence-corrected chi connectivity index (χ4v) is 2.10. The normalized spacial score (nSPS) is 14.9. The number of carbonyl (C=O) groups excluding carboxylic acids is 1. The first kappa shape index (κ1) is 12.9. The molecule has 0 amide bonds. The average Bonchev–Trinajstić information content (AvgIpc) is 2.76. The Bertz CT molecular complexity index is 794. The molecule has 2 aromatic rings. The molecule has 0 unspecified atom stereocenters. The van der Waals surface area contributed by atoms with Crippen LogP contribution in [0.3, 0.4) is 0 Å². The Morgan fingerprint density at radius 2 is 1.95 bits per heavy atom. The molecule has 0 atom stereocenters. The first-order valence-electron chi connectivity index (χ1n) is 6.07. The van der Waals surface area contributed by atoms with Crippen LogP contribution in [0.1, 0.15) is 15.9 Å². The molecule has 0 spiro atoms. The van der Waals surface area contributed by atoms with Crippen LogP contribution in [-0.2, 0) is 0 Å². The lowest BCUT2D eigenvalue weighted by Gasteiger charge is -2.01. The average molecular weight is 283 g/mol. The highest BCUT2D eigenvalue weighted by molar-refractivity contribution is 6.14. The highest BCUT2D eigenvalue weighted by Crippen LogP contribution is 2.33. The Morgan fingerprint density at radius 1 is 1.19 bits per heavy atom. The molecule has 104 valence electrons. The Balaban J connectivity index is 2.07. The number of rotatable bonds is 2. The van der Waals surface area contributed by atoms with Gasteiger partial charge in [0.05, 0.1) is 16.1 Å². The minimum absolute atomic E-state index is 0.00935. The van der Waals surface area contributed by atoms with E-state index in [2.05, 4.69) is 0 Å². The molecule has 0 saturated heterocycles. The largest absolute Gasteiger partial charge is 0.508 e. The van der Waals surface area contributed by atoms with Gasteiger partial charge in [0.15, 0.2) is 5.76 Å². The quantitative estimate of drug-likeness (QED) is 0.520. The first-order chi connectivity index (χ1) is 10.1. The van der Waals surface area contributed by atoms with Crippen molar-refractivity contribution in [2.75, 3.05) is 0 Å². The number of allylic oxidation sites excluding steroid dienone is 1. The summed E-state index contributed by atoms with van der Waals surface area (Å²) in [5.74, 6) is -0.0693. The zero-order valence-corrected chi connectivity index (χ0v) is 10.6. The summed E-state index contributed by atoms with van der Waals surface area (Å²) < 4.78 is 5.41. The van der Waals surface area contributed by atoms with E-state index in [0.29, 0.717) is 11.3 Å². The minimum atomic E-state index is -0.585. The second-order valence-electron chi connectivity index (χ2n) is 4.44. The van der Waals surface area contributed by atoms with E-state index in [0.717, 1.165) is 0 Å². The van der Waals surface area contributed by atoms with Crippen LogP contribution in [0.4, 0.5) is 5.69 Å². The van der Waals surface area contributed by atoms with Crippen LogP contribution >= 0.6 is 0 Å². The van der Waals surface area contributed by atoms with Gasteiger partial charge >= 0.3 is 0 Å². The fraction of sp³-hybridized carbons (Fsp3) is 0. The monoisotopic (exact) mass is 283 g/mol. The van der Waals surface area contributed by atoms with Gasteiger partial charge in [0.2, 0.25) is 5.78 Å². The number of fused-ring (bicyclic) bond motifs is 1. The molecule has 0 aliphatic carbocycles. The number of hydrogen-bond donors (Lipinski definition) is 1. The summed E-state index contributed by atoms with van der Waals surface area (Å²) >= 11 is 0. The maximum atomic E-state index is 12.1. The van der Waals surface area contributed by atoms with E-state index in [1.807, 2.05) is 0 Å². The molecule has 1 N–H and O–H groups in total. The highest BCUT2D eigenvalue weighted by atomic mass is 16.6. The molecule has 0 saturated carbocycles. The van der Waals surface area contributed by atoms with Gasteiger partial charge in [-0.15, -0.1) is 0 Å². The molecule has 0 radical (unpaired) electrons. The molecule has 6 nitrogen and oxygen atoms in total. The number of ketones is 1. The number of aromatic hydroxyl groups is 1. The third-order valence-electron chi connectivity index (χ3n) is 3.07. The second kappa shape index (κ2) is 4.75. The third-order valence-corrected chi connectivity index (χ3v) is 3.07. The SMILES string of the molecule is O=C1C(=Cc2cc(O)ccc2[N+](=O)[O-])Oc2ccccc21. The number of nitro benzene ring substituents is 1. The maximum absolute atomic E-state index is 12.1. The molecule has 1 aliphatic rings. The lowest BCUT2D eigenvalue weighted by molar-refractivity contribution is -0.385. The summed E-state index contributed by atoms with van der Waals surface area (Å²) in [6.45, 7) is 0. The van der Waals surface area contributed by atoms with Crippen molar-refractivity contribution in [3.05, 3.63) is 69.5 Å². The van der Waals surface area contributed by atoms with E-state index in [9.17, 15) is 20.0 Å². The number of ether oxygens (including phenoxy) is 1. The predicted octanol–water partition coefficient (Wildman–Crippen LogP) is 2.92. The van der Waals surface area contributed by atoms with Crippen LogP contribution in [0, 0.1) is 10.1 Å². The molecule has 1 aliphatic heterocycles. The van der Waals surface area contributed by atoms with Crippen LogP contribution < -0.4 is 4.74 Å². The summed E-state index contributed by atoms with van der Waals surface area (Å²) in [4.78, 5) is 22.5. The zero-order valence-electron chi connectivity index (χ0n) is 10.6. The Morgan fingerprint density at radius 3 is 2.67 bits per heavy atom. The number of phenols is 1. The van der Waals surface area contributed by atoms with Crippen molar-refractivity contribution >= 4 is 17.5 Å². The number of hydrogen-bond acceptors (Lipinski definition) is 5. The molecule has 0 aromatic heterocycles. The molecule has 6 heteroatoms. The number of carbonyl (C=O) groups is 1. The summed E-state index contributed by atoms with van der Waals surface area (Å²) in [6.07, 6.45) is 1.26. The van der Waals surface area contributed by atoms with Crippen molar-refractivity contribution in [3.63, 3.8) is 0 Å². The number of phenolic OH excluding ortho intramolecular Hbond substituents is 1.